The van der Waals surface area contributed by atoms with Crippen molar-refractivity contribution in [2.24, 2.45) is 0 Å². The maximum Gasteiger partial charge on any atom is 0.262 e. The van der Waals surface area contributed by atoms with E-state index in [1.807, 2.05) is 74.5 Å². The van der Waals surface area contributed by atoms with Crippen molar-refractivity contribution in [3.8, 4) is 5.75 Å². The Kier molecular flexibility index (Phi) is 4.29. The van der Waals surface area contributed by atoms with Gasteiger partial charge in [-0.1, -0.05) is 48.0 Å². The number of nitrogens with one attached hydrogen (secondary N) is 1. The summed E-state index contributed by atoms with van der Waals surface area (Å²) in [5.74, 6) is 0.532. The Labute approximate surface area is 135 Å². The topological polar surface area (TPSA) is 38.3 Å². The van der Waals surface area contributed by atoms with Gasteiger partial charge in [-0.25, -0.2) is 0 Å². The fourth-order valence-electron chi connectivity index (χ4n) is 2.55. The van der Waals surface area contributed by atoms with Gasteiger partial charge in [-0.3, -0.25) is 4.79 Å². The number of ether oxygens (including phenoxy) is 1. The average molecular weight is 305 g/mol. The van der Waals surface area contributed by atoms with E-state index in [0.29, 0.717) is 5.75 Å². The molecular formula is C20H19NO2. The van der Waals surface area contributed by atoms with E-state index in [2.05, 4.69) is 5.32 Å². The highest BCUT2D eigenvalue weighted by atomic mass is 16.5. The van der Waals surface area contributed by atoms with Crippen LogP contribution in [0.4, 0.5) is 5.69 Å². The fraction of sp³-hybridized carbons (Fsp3) is 0.150. The van der Waals surface area contributed by atoms with Gasteiger partial charge in [0, 0.05) is 5.69 Å². The standard InChI is InChI=1S/C20H19NO2/c1-14-7-10-19(15(2)11-14)21-20(22)13-23-18-9-8-16-5-3-4-6-17(16)12-18/h3-12H,13H2,1-2H3,(H,21,22). The van der Waals surface area contributed by atoms with Crippen LogP contribution in [0.25, 0.3) is 10.8 Å². The molecule has 3 rings (SSSR count). The van der Waals surface area contributed by atoms with Crippen molar-refractivity contribution in [3.05, 3.63) is 71.8 Å². The highest BCUT2D eigenvalue weighted by molar-refractivity contribution is 5.92. The second-order valence-electron chi connectivity index (χ2n) is 5.66. The van der Waals surface area contributed by atoms with E-state index in [-0.39, 0.29) is 12.5 Å². The van der Waals surface area contributed by atoms with Crippen molar-refractivity contribution < 1.29 is 9.53 Å². The van der Waals surface area contributed by atoms with Crippen molar-refractivity contribution in [2.45, 2.75) is 13.8 Å². The average Bonchev–Trinajstić information content (AvgIpc) is 2.55. The molecule has 116 valence electrons. The summed E-state index contributed by atoms with van der Waals surface area (Å²) in [6.45, 7) is 4.00. The predicted octanol–water partition coefficient (Wildman–Crippen LogP) is 4.47. The second kappa shape index (κ2) is 6.53. The molecule has 0 spiro atoms. The van der Waals surface area contributed by atoms with Gasteiger partial charge < -0.3 is 10.1 Å². The van der Waals surface area contributed by atoms with Gasteiger partial charge in [-0.05, 0) is 48.4 Å². The Morgan fingerprint density at radius 2 is 1.74 bits per heavy atom. The molecule has 0 atom stereocenters. The summed E-state index contributed by atoms with van der Waals surface area (Å²) < 4.78 is 5.60. The lowest BCUT2D eigenvalue weighted by molar-refractivity contribution is -0.118. The molecule has 0 heterocycles. The Morgan fingerprint density at radius 3 is 2.52 bits per heavy atom. The van der Waals surface area contributed by atoms with Crippen molar-refractivity contribution in [1.82, 2.24) is 0 Å². The SMILES string of the molecule is Cc1ccc(NC(=O)COc2ccc3ccccc3c2)c(C)c1. The van der Waals surface area contributed by atoms with Crippen LogP contribution < -0.4 is 10.1 Å². The number of rotatable bonds is 4. The molecular weight excluding hydrogens is 286 g/mol. The number of benzene rings is 3. The minimum absolute atomic E-state index is 0.00828. The summed E-state index contributed by atoms with van der Waals surface area (Å²) in [5.41, 5.74) is 3.04. The lowest BCUT2D eigenvalue weighted by Gasteiger charge is -2.10. The third-order valence-electron chi connectivity index (χ3n) is 3.75. The molecule has 23 heavy (non-hydrogen) atoms. The van der Waals surface area contributed by atoms with Gasteiger partial charge in [0.1, 0.15) is 5.75 Å². The summed E-state index contributed by atoms with van der Waals surface area (Å²) in [6, 6.07) is 19.8. The third-order valence-corrected chi connectivity index (χ3v) is 3.75. The molecule has 0 aromatic heterocycles. The van der Waals surface area contributed by atoms with Gasteiger partial charge in [0.25, 0.3) is 5.91 Å². The second-order valence-corrected chi connectivity index (χ2v) is 5.66. The number of carbonyl (C=O) groups is 1. The van der Waals surface area contributed by atoms with Gasteiger partial charge in [0.2, 0.25) is 0 Å². The molecule has 0 saturated heterocycles. The van der Waals surface area contributed by atoms with Gasteiger partial charge >= 0.3 is 0 Å². The number of amides is 1. The molecule has 0 unspecified atom stereocenters. The third kappa shape index (κ3) is 3.69. The first-order valence-electron chi connectivity index (χ1n) is 7.60. The van der Waals surface area contributed by atoms with Crippen LogP contribution >= 0.6 is 0 Å². The van der Waals surface area contributed by atoms with Gasteiger partial charge in [0.15, 0.2) is 6.61 Å². The van der Waals surface area contributed by atoms with E-state index in [1.165, 1.54) is 5.56 Å². The van der Waals surface area contributed by atoms with Crippen molar-refractivity contribution in [1.29, 1.82) is 0 Å². The van der Waals surface area contributed by atoms with Crippen LogP contribution in [-0.4, -0.2) is 12.5 Å². The van der Waals surface area contributed by atoms with Crippen molar-refractivity contribution >= 4 is 22.4 Å². The number of hydrogen-bond donors (Lipinski definition) is 1. The Balaban J connectivity index is 1.63. The first kappa shape index (κ1) is 15.1. The minimum Gasteiger partial charge on any atom is -0.484 e. The molecule has 3 aromatic rings. The fourth-order valence-corrected chi connectivity index (χ4v) is 2.55. The smallest absolute Gasteiger partial charge is 0.262 e. The molecule has 0 radical (unpaired) electrons. The number of fused-ring (bicyclic) bond motifs is 1. The molecule has 0 aliphatic rings. The summed E-state index contributed by atoms with van der Waals surface area (Å²) in [4.78, 5) is 12.1. The summed E-state index contributed by atoms with van der Waals surface area (Å²) in [7, 11) is 0. The zero-order valence-electron chi connectivity index (χ0n) is 13.3. The number of carbonyl (C=O) groups excluding carboxylic acids is 1. The van der Waals surface area contributed by atoms with E-state index in [9.17, 15) is 4.79 Å². The largest absolute Gasteiger partial charge is 0.484 e. The van der Waals surface area contributed by atoms with E-state index < -0.39 is 0 Å². The van der Waals surface area contributed by atoms with Crippen LogP contribution in [0.5, 0.6) is 5.75 Å². The highest BCUT2D eigenvalue weighted by Crippen LogP contribution is 2.21. The quantitative estimate of drug-likeness (QED) is 0.772. The zero-order chi connectivity index (χ0) is 16.2. The molecule has 1 N–H and O–H groups in total. The van der Waals surface area contributed by atoms with E-state index in [1.54, 1.807) is 0 Å². The van der Waals surface area contributed by atoms with Crippen LogP contribution in [-0.2, 0) is 4.79 Å². The highest BCUT2D eigenvalue weighted by Gasteiger charge is 2.06. The summed E-state index contributed by atoms with van der Waals surface area (Å²) in [6.07, 6.45) is 0. The number of hydrogen-bond acceptors (Lipinski definition) is 2. The van der Waals surface area contributed by atoms with Crippen LogP contribution in [0.3, 0.4) is 0 Å². The first-order valence-corrected chi connectivity index (χ1v) is 7.60. The monoisotopic (exact) mass is 305 g/mol. The Bertz CT molecular complexity index is 855. The molecule has 0 aliphatic heterocycles. The lowest BCUT2D eigenvalue weighted by Crippen LogP contribution is -2.20. The van der Waals surface area contributed by atoms with E-state index in [4.69, 9.17) is 4.74 Å². The van der Waals surface area contributed by atoms with Crippen LogP contribution in [0.2, 0.25) is 0 Å². The normalized spacial score (nSPS) is 10.5. The maximum absolute atomic E-state index is 12.1. The van der Waals surface area contributed by atoms with E-state index >= 15 is 0 Å². The molecule has 3 nitrogen and oxygen atoms in total. The predicted molar refractivity (Wildman–Crippen MR) is 94.0 cm³/mol. The van der Waals surface area contributed by atoms with Crippen molar-refractivity contribution in [2.75, 3.05) is 11.9 Å². The van der Waals surface area contributed by atoms with Crippen molar-refractivity contribution in [3.63, 3.8) is 0 Å². The molecule has 0 saturated carbocycles. The first-order chi connectivity index (χ1) is 11.1. The number of anilines is 1. The van der Waals surface area contributed by atoms with Crippen LogP contribution in [0.15, 0.2) is 60.7 Å². The van der Waals surface area contributed by atoms with Crippen LogP contribution in [0, 0.1) is 13.8 Å². The molecule has 3 heteroatoms. The maximum atomic E-state index is 12.1. The van der Waals surface area contributed by atoms with E-state index in [0.717, 1.165) is 22.0 Å². The molecule has 1 amide bonds. The zero-order valence-corrected chi connectivity index (χ0v) is 13.3. The molecule has 0 aliphatic carbocycles. The lowest BCUT2D eigenvalue weighted by atomic mass is 10.1. The van der Waals surface area contributed by atoms with Gasteiger partial charge in [0.05, 0.1) is 0 Å². The molecule has 0 bridgehead atoms. The Morgan fingerprint density at radius 1 is 0.957 bits per heavy atom. The summed E-state index contributed by atoms with van der Waals surface area (Å²) in [5, 5.41) is 5.13. The minimum atomic E-state index is -0.162. The van der Waals surface area contributed by atoms with Crippen LogP contribution in [0.1, 0.15) is 11.1 Å². The molecule has 0 fully saturated rings. The molecule has 3 aromatic carbocycles. The number of aryl methyl sites for hydroxylation is 2. The van der Waals surface area contributed by atoms with Gasteiger partial charge in [-0.15, -0.1) is 0 Å². The summed E-state index contributed by atoms with van der Waals surface area (Å²) >= 11 is 0. The Hall–Kier alpha value is -2.81. The van der Waals surface area contributed by atoms with Gasteiger partial charge in [-0.2, -0.15) is 0 Å².